The predicted molar refractivity (Wildman–Crippen MR) is 91.1 cm³/mol. The third-order valence-corrected chi connectivity index (χ3v) is 5.63. The Kier molecular flexibility index (Phi) is 7.58. The highest BCUT2D eigenvalue weighted by Gasteiger charge is 2.37. The van der Waals surface area contributed by atoms with Crippen LogP contribution in [0.1, 0.15) is 91.9 Å². The number of unbranched alkanes of at least 4 members (excludes halogenated alkanes) is 4. The van der Waals surface area contributed by atoms with E-state index in [4.69, 9.17) is 0 Å². The summed E-state index contributed by atoms with van der Waals surface area (Å²) in [5.74, 6) is 0.938. The molecule has 0 radical (unpaired) electrons. The van der Waals surface area contributed by atoms with E-state index in [1.54, 1.807) is 0 Å². The van der Waals surface area contributed by atoms with E-state index in [9.17, 15) is 0 Å². The Morgan fingerprint density at radius 2 is 1.60 bits per heavy atom. The van der Waals surface area contributed by atoms with Crippen LogP contribution in [0, 0.1) is 16.7 Å². The van der Waals surface area contributed by atoms with Crippen LogP contribution in [0.15, 0.2) is 0 Å². The van der Waals surface area contributed by atoms with Crippen molar-refractivity contribution in [2.75, 3.05) is 13.6 Å². The smallest absolute Gasteiger partial charge is 0.000481 e. The van der Waals surface area contributed by atoms with Gasteiger partial charge in [0.1, 0.15) is 0 Å². The molecule has 0 aliphatic heterocycles. The second kappa shape index (κ2) is 8.41. The molecule has 1 fully saturated rings. The molecular weight excluding hydrogens is 242 g/mol. The van der Waals surface area contributed by atoms with Crippen LogP contribution in [0.3, 0.4) is 0 Å². The summed E-state index contributed by atoms with van der Waals surface area (Å²) >= 11 is 0. The lowest BCUT2D eigenvalue weighted by molar-refractivity contribution is 0.0790. The van der Waals surface area contributed by atoms with E-state index >= 15 is 0 Å². The van der Waals surface area contributed by atoms with Crippen LogP contribution in [-0.4, -0.2) is 13.6 Å². The number of hydrogen-bond donors (Lipinski definition) is 1. The molecule has 0 atom stereocenters. The molecule has 1 aliphatic carbocycles. The molecule has 120 valence electrons. The molecule has 0 aromatic carbocycles. The van der Waals surface area contributed by atoms with Gasteiger partial charge in [0.2, 0.25) is 0 Å². The predicted octanol–water partition coefficient (Wildman–Crippen LogP) is 5.79. The lowest BCUT2D eigenvalue weighted by atomic mass is 9.62. The zero-order valence-electron chi connectivity index (χ0n) is 14.9. The van der Waals surface area contributed by atoms with Gasteiger partial charge in [0, 0.05) is 6.54 Å². The van der Waals surface area contributed by atoms with E-state index in [0.717, 1.165) is 5.92 Å². The fourth-order valence-electron chi connectivity index (χ4n) is 4.09. The summed E-state index contributed by atoms with van der Waals surface area (Å²) < 4.78 is 0. The van der Waals surface area contributed by atoms with Crippen LogP contribution in [0.2, 0.25) is 0 Å². The van der Waals surface area contributed by atoms with Crippen molar-refractivity contribution >= 4 is 0 Å². The molecule has 0 aromatic heterocycles. The molecular formula is C19H39N. The quantitative estimate of drug-likeness (QED) is 0.555. The molecule has 20 heavy (non-hydrogen) atoms. The SMILES string of the molecule is CCCCCCCC1(CNC)CCC(C(C)(C)C)CC1. The third-order valence-electron chi connectivity index (χ3n) is 5.63. The zero-order chi connectivity index (χ0) is 15.1. The average Bonchev–Trinajstić information content (AvgIpc) is 2.38. The maximum Gasteiger partial charge on any atom is 0.000481 e. The fourth-order valence-corrected chi connectivity index (χ4v) is 4.09. The molecule has 0 amide bonds. The summed E-state index contributed by atoms with van der Waals surface area (Å²) in [5, 5.41) is 3.48. The normalized spacial score (nSPS) is 27.8. The average molecular weight is 282 g/mol. The minimum absolute atomic E-state index is 0.507. The molecule has 1 heteroatoms. The number of hydrogen-bond acceptors (Lipinski definition) is 1. The zero-order valence-corrected chi connectivity index (χ0v) is 14.9. The first-order chi connectivity index (χ1) is 9.43. The third kappa shape index (κ3) is 5.76. The van der Waals surface area contributed by atoms with Crippen molar-refractivity contribution < 1.29 is 0 Å². The van der Waals surface area contributed by atoms with Crippen molar-refractivity contribution in [3.63, 3.8) is 0 Å². The van der Waals surface area contributed by atoms with E-state index in [1.807, 2.05) is 0 Å². The van der Waals surface area contributed by atoms with Gasteiger partial charge in [-0.1, -0.05) is 59.8 Å². The molecule has 0 saturated heterocycles. The Morgan fingerprint density at radius 3 is 2.10 bits per heavy atom. The van der Waals surface area contributed by atoms with Crippen molar-refractivity contribution in [1.29, 1.82) is 0 Å². The molecule has 0 spiro atoms. The highest BCUT2D eigenvalue weighted by atomic mass is 14.8. The highest BCUT2D eigenvalue weighted by molar-refractivity contribution is 4.90. The topological polar surface area (TPSA) is 12.0 Å². The van der Waals surface area contributed by atoms with E-state index in [-0.39, 0.29) is 0 Å². The van der Waals surface area contributed by atoms with Crippen molar-refractivity contribution in [2.45, 2.75) is 91.9 Å². The van der Waals surface area contributed by atoms with Crippen molar-refractivity contribution in [2.24, 2.45) is 16.7 Å². The van der Waals surface area contributed by atoms with E-state index in [0.29, 0.717) is 10.8 Å². The van der Waals surface area contributed by atoms with E-state index < -0.39 is 0 Å². The summed E-state index contributed by atoms with van der Waals surface area (Å²) in [6.07, 6.45) is 14.3. The second-order valence-corrected chi connectivity index (χ2v) is 8.33. The second-order valence-electron chi connectivity index (χ2n) is 8.33. The number of nitrogens with one attached hydrogen (secondary N) is 1. The van der Waals surface area contributed by atoms with Gasteiger partial charge in [-0.05, 0) is 55.9 Å². The van der Waals surface area contributed by atoms with Crippen LogP contribution in [0.5, 0.6) is 0 Å². The molecule has 1 saturated carbocycles. The van der Waals surface area contributed by atoms with Gasteiger partial charge in [-0.15, -0.1) is 0 Å². The number of rotatable bonds is 8. The van der Waals surface area contributed by atoms with Crippen LogP contribution in [-0.2, 0) is 0 Å². The molecule has 1 rings (SSSR count). The molecule has 0 aromatic rings. The minimum atomic E-state index is 0.507. The first-order valence-corrected chi connectivity index (χ1v) is 9.08. The lowest BCUT2D eigenvalue weighted by Crippen LogP contribution is -2.38. The first-order valence-electron chi connectivity index (χ1n) is 9.08. The Bertz CT molecular complexity index is 243. The van der Waals surface area contributed by atoms with Crippen LogP contribution >= 0.6 is 0 Å². The van der Waals surface area contributed by atoms with Gasteiger partial charge in [0.25, 0.3) is 0 Å². The first kappa shape index (κ1) is 18.0. The maximum atomic E-state index is 3.48. The van der Waals surface area contributed by atoms with Crippen molar-refractivity contribution in [3.8, 4) is 0 Å². The molecule has 0 bridgehead atoms. The molecule has 1 nitrogen and oxygen atoms in total. The molecule has 1 N–H and O–H groups in total. The monoisotopic (exact) mass is 281 g/mol. The largest absolute Gasteiger partial charge is 0.319 e. The van der Waals surface area contributed by atoms with Gasteiger partial charge in [0.15, 0.2) is 0 Å². The van der Waals surface area contributed by atoms with Crippen LogP contribution < -0.4 is 5.32 Å². The van der Waals surface area contributed by atoms with E-state index in [2.05, 4.69) is 40.1 Å². The Morgan fingerprint density at radius 1 is 1.00 bits per heavy atom. The Hall–Kier alpha value is -0.0400. The van der Waals surface area contributed by atoms with Crippen molar-refractivity contribution in [1.82, 2.24) is 5.32 Å². The molecule has 0 unspecified atom stereocenters. The van der Waals surface area contributed by atoms with Gasteiger partial charge < -0.3 is 5.32 Å². The summed E-state index contributed by atoms with van der Waals surface area (Å²) in [7, 11) is 2.13. The van der Waals surface area contributed by atoms with Crippen LogP contribution in [0.25, 0.3) is 0 Å². The standard InChI is InChI=1S/C19H39N/c1-6-7-8-9-10-13-19(16-20-5)14-11-17(12-15-19)18(2,3)4/h17,20H,6-16H2,1-5H3. The molecule has 1 aliphatic rings. The van der Waals surface area contributed by atoms with Gasteiger partial charge in [0.05, 0.1) is 0 Å². The van der Waals surface area contributed by atoms with Crippen molar-refractivity contribution in [3.05, 3.63) is 0 Å². The molecule has 0 heterocycles. The lowest BCUT2D eigenvalue weighted by Gasteiger charge is -2.44. The van der Waals surface area contributed by atoms with Gasteiger partial charge in [-0.25, -0.2) is 0 Å². The Labute approximate surface area is 128 Å². The summed E-state index contributed by atoms with van der Waals surface area (Å²) in [6, 6.07) is 0. The maximum absolute atomic E-state index is 3.48. The summed E-state index contributed by atoms with van der Waals surface area (Å²) in [6.45, 7) is 10.8. The summed E-state index contributed by atoms with van der Waals surface area (Å²) in [4.78, 5) is 0. The van der Waals surface area contributed by atoms with Crippen LogP contribution in [0.4, 0.5) is 0 Å². The van der Waals surface area contributed by atoms with Gasteiger partial charge >= 0.3 is 0 Å². The van der Waals surface area contributed by atoms with E-state index in [1.165, 1.54) is 70.8 Å². The Balaban J connectivity index is 2.41. The van der Waals surface area contributed by atoms with Gasteiger partial charge in [-0.3, -0.25) is 0 Å². The van der Waals surface area contributed by atoms with Gasteiger partial charge in [-0.2, -0.15) is 0 Å². The minimum Gasteiger partial charge on any atom is -0.319 e. The fraction of sp³-hybridized carbons (Fsp3) is 1.00. The highest BCUT2D eigenvalue weighted by Crippen LogP contribution is 2.47. The summed E-state index contributed by atoms with van der Waals surface area (Å²) in [5.41, 5.74) is 1.12.